The van der Waals surface area contributed by atoms with Gasteiger partial charge < -0.3 is 10.6 Å². The Hall–Kier alpha value is -2.75. The van der Waals surface area contributed by atoms with E-state index in [0.717, 1.165) is 14.8 Å². The highest BCUT2D eigenvalue weighted by atomic mass is 127. The second-order valence-electron chi connectivity index (χ2n) is 5.45. The highest BCUT2D eigenvalue weighted by molar-refractivity contribution is 14.1. The summed E-state index contributed by atoms with van der Waals surface area (Å²) in [5.74, 6) is -0.507. The lowest BCUT2D eigenvalue weighted by molar-refractivity contribution is -0.120. The van der Waals surface area contributed by atoms with Crippen molar-refractivity contribution in [2.24, 2.45) is 0 Å². The Kier molecular flexibility index (Phi) is 5.95. The van der Waals surface area contributed by atoms with Crippen LogP contribution in [0.5, 0.6) is 0 Å². The van der Waals surface area contributed by atoms with E-state index in [-0.39, 0.29) is 18.4 Å². The van der Waals surface area contributed by atoms with Crippen LogP contribution in [0.4, 0.5) is 0 Å². The molecule has 0 spiro atoms. The number of nitrogens with one attached hydrogen (secondary N) is 2. The summed E-state index contributed by atoms with van der Waals surface area (Å²) < 4.78 is 2.50. The molecule has 2 aromatic carbocycles. The molecule has 0 radical (unpaired) electrons. The fourth-order valence-corrected chi connectivity index (χ4v) is 2.90. The van der Waals surface area contributed by atoms with E-state index in [1.807, 2.05) is 36.4 Å². The Balaban J connectivity index is 1.47. The molecule has 7 nitrogen and oxygen atoms in total. The molecule has 0 aliphatic carbocycles. The maximum absolute atomic E-state index is 12.1. The van der Waals surface area contributed by atoms with Gasteiger partial charge in [0, 0.05) is 10.1 Å². The van der Waals surface area contributed by atoms with Gasteiger partial charge in [-0.1, -0.05) is 24.3 Å². The number of carbonyl (C=O) groups excluding carboxylic acids is 2. The molecule has 3 aromatic rings. The minimum absolute atomic E-state index is 0.0686. The van der Waals surface area contributed by atoms with E-state index in [9.17, 15) is 9.59 Å². The van der Waals surface area contributed by atoms with Crippen molar-refractivity contribution < 1.29 is 9.59 Å². The minimum Gasteiger partial charge on any atom is -0.350 e. The van der Waals surface area contributed by atoms with Gasteiger partial charge in [0.15, 0.2) is 0 Å². The number of hydrogen-bond donors (Lipinski definition) is 2. The van der Waals surface area contributed by atoms with Gasteiger partial charge in [-0.05, 0) is 52.4 Å². The van der Waals surface area contributed by atoms with Crippen molar-refractivity contribution >= 4 is 34.4 Å². The van der Waals surface area contributed by atoms with Crippen LogP contribution in [0.25, 0.3) is 5.69 Å². The van der Waals surface area contributed by atoms with Crippen molar-refractivity contribution in [1.29, 1.82) is 0 Å². The molecule has 0 aliphatic rings. The van der Waals surface area contributed by atoms with E-state index in [1.165, 1.54) is 6.33 Å². The molecule has 0 bridgehead atoms. The smallest absolute Gasteiger partial charge is 0.252 e. The SMILES string of the molecule is O=C(CNC(=O)c1ccccc1I)NCc1ccc(-n2cncn2)cc1. The summed E-state index contributed by atoms with van der Waals surface area (Å²) in [6.07, 6.45) is 3.09. The van der Waals surface area contributed by atoms with Gasteiger partial charge in [-0.15, -0.1) is 0 Å². The van der Waals surface area contributed by atoms with Crippen LogP contribution in [0.15, 0.2) is 61.2 Å². The molecule has 0 aliphatic heterocycles. The van der Waals surface area contributed by atoms with Gasteiger partial charge in [-0.3, -0.25) is 9.59 Å². The van der Waals surface area contributed by atoms with Crippen molar-refractivity contribution in [1.82, 2.24) is 25.4 Å². The summed E-state index contributed by atoms with van der Waals surface area (Å²) >= 11 is 2.09. The normalized spacial score (nSPS) is 10.3. The highest BCUT2D eigenvalue weighted by Crippen LogP contribution is 2.11. The number of rotatable bonds is 6. The van der Waals surface area contributed by atoms with E-state index >= 15 is 0 Å². The molecule has 0 fully saturated rings. The first-order valence-corrected chi connectivity index (χ1v) is 8.95. The van der Waals surface area contributed by atoms with Crippen molar-refractivity contribution in [3.05, 3.63) is 75.9 Å². The number of benzene rings is 2. The Labute approximate surface area is 164 Å². The van der Waals surface area contributed by atoms with Crippen LogP contribution in [-0.4, -0.2) is 33.1 Å². The summed E-state index contributed by atoms with van der Waals surface area (Å²) in [7, 11) is 0. The van der Waals surface area contributed by atoms with Crippen molar-refractivity contribution in [2.45, 2.75) is 6.54 Å². The zero-order chi connectivity index (χ0) is 18.4. The van der Waals surface area contributed by atoms with E-state index < -0.39 is 0 Å². The van der Waals surface area contributed by atoms with Crippen molar-refractivity contribution in [3.63, 3.8) is 0 Å². The van der Waals surface area contributed by atoms with Gasteiger partial charge in [0.25, 0.3) is 5.91 Å². The van der Waals surface area contributed by atoms with Crippen LogP contribution >= 0.6 is 22.6 Å². The maximum Gasteiger partial charge on any atom is 0.252 e. The van der Waals surface area contributed by atoms with Gasteiger partial charge in [-0.2, -0.15) is 5.10 Å². The summed E-state index contributed by atoms with van der Waals surface area (Å²) in [5, 5.41) is 9.47. The zero-order valence-electron chi connectivity index (χ0n) is 13.7. The molecule has 2 N–H and O–H groups in total. The third kappa shape index (κ3) is 4.66. The first kappa shape index (κ1) is 18.1. The average molecular weight is 461 g/mol. The maximum atomic E-state index is 12.1. The Bertz CT molecular complexity index is 894. The summed E-state index contributed by atoms with van der Waals surface area (Å²) in [6, 6.07) is 14.8. The quantitative estimate of drug-likeness (QED) is 0.550. The van der Waals surface area contributed by atoms with E-state index in [1.54, 1.807) is 23.1 Å². The van der Waals surface area contributed by atoms with Gasteiger partial charge in [-0.25, -0.2) is 9.67 Å². The number of hydrogen-bond acceptors (Lipinski definition) is 4. The van der Waals surface area contributed by atoms with Crippen LogP contribution in [-0.2, 0) is 11.3 Å². The first-order chi connectivity index (χ1) is 12.6. The molecule has 1 aromatic heterocycles. The molecule has 3 rings (SSSR count). The molecule has 8 heteroatoms. The zero-order valence-corrected chi connectivity index (χ0v) is 15.9. The molecular weight excluding hydrogens is 445 g/mol. The van der Waals surface area contributed by atoms with E-state index in [4.69, 9.17) is 0 Å². The third-order valence-corrected chi connectivity index (χ3v) is 4.58. The second-order valence-corrected chi connectivity index (χ2v) is 6.61. The van der Waals surface area contributed by atoms with Gasteiger partial charge in [0.1, 0.15) is 12.7 Å². The monoisotopic (exact) mass is 461 g/mol. The number of amides is 2. The lowest BCUT2D eigenvalue weighted by Crippen LogP contribution is -2.36. The Morgan fingerprint density at radius 3 is 2.50 bits per heavy atom. The average Bonchev–Trinajstić information content (AvgIpc) is 3.20. The van der Waals surface area contributed by atoms with Crippen LogP contribution in [0.2, 0.25) is 0 Å². The summed E-state index contributed by atoms with van der Waals surface area (Å²) in [4.78, 5) is 27.9. The molecule has 0 saturated carbocycles. The van der Waals surface area contributed by atoms with Gasteiger partial charge >= 0.3 is 0 Å². The Morgan fingerprint density at radius 2 is 1.81 bits per heavy atom. The van der Waals surface area contributed by atoms with E-state index in [0.29, 0.717) is 12.1 Å². The predicted molar refractivity (Wildman–Crippen MR) is 105 cm³/mol. The topological polar surface area (TPSA) is 88.9 Å². The highest BCUT2D eigenvalue weighted by Gasteiger charge is 2.10. The lowest BCUT2D eigenvalue weighted by atomic mass is 10.2. The van der Waals surface area contributed by atoms with Crippen LogP contribution in [0.3, 0.4) is 0 Å². The molecular formula is C18H16IN5O2. The predicted octanol–water partition coefficient (Wildman–Crippen LogP) is 1.92. The standard InChI is InChI=1S/C18H16IN5O2/c19-16-4-2-1-3-15(16)18(26)22-10-17(25)21-9-13-5-7-14(8-6-13)24-12-20-11-23-24/h1-8,11-12H,9-10H2,(H,21,25)(H,22,26). The Morgan fingerprint density at radius 1 is 1.04 bits per heavy atom. The molecule has 1 heterocycles. The summed E-state index contributed by atoms with van der Waals surface area (Å²) in [6.45, 7) is 0.316. The van der Waals surface area contributed by atoms with Gasteiger partial charge in [0.05, 0.1) is 17.8 Å². The third-order valence-electron chi connectivity index (χ3n) is 3.64. The lowest BCUT2D eigenvalue weighted by Gasteiger charge is -2.08. The number of nitrogens with zero attached hydrogens (tertiary/aromatic N) is 3. The molecule has 0 atom stereocenters. The molecule has 0 unspecified atom stereocenters. The largest absolute Gasteiger partial charge is 0.350 e. The van der Waals surface area contributed by atoms with Crippen LogP contribution < -0.4 is 10.6 Å². The molecule has 132 valence electrons. The molecule has 26 heavy (non-hydrogen) atoms. The fourth-order valence-electron chi connectivity index (χ4n) is 2.27. The second kappa shape index (κ2) is 8.56. The summed E-state index contributed by atoms with van der Waals surface area (Å²) in [5.41, 5.74) is 2.40. The van der Waals surface area contributed by atoms with E-state index in [2.05, 4.69) is 43.3 Å². The number of halogens is 1. The van der Waals surface area contributed by atoms with Crippen molar-refractivity contribution in [3.8, 4) is 5.69 Å². The minimum atomic E-state index is -0.262. The van der Waals surface area contributed by atoms with Gasteiger partial charge in [0.2, 0.25) is 5.91 Å². The number of aromatic nitrogens is 3. The molecule has 2 amide bonds. The molecule has 0 saturated heterocycles. The first-order valence-electron chi connectivity index (χ1n) is 7.87. The fraction of sp³-hybridized carbons (Fsp3) is 0.111. The van der Waals surface area contributed by atoms with Crippen molar-refractivity contribution in [2.75, 3.05) is 6.54 Å². The van der Waals surface area contributed by atoms with Crippen LogP contribution in [0, 0.1) is 3.57 Å². The number of carbonyl (C=O) groups is 2. The van der Waals surface area contributed by atoms with Crippen LogP contribution in [0.1, 0.15) is 15.9 Å².